The molecule has 0 bridgehead atoms. The molecule has 9 heteroatoms. The first-order valence-electron chi connectivity index (χ1n) is 11.4. The third-order valence-electron chi connectivity index (χ3n) is 6.51. The summed E-state index contributed by atoms with van der Waals surface area (Å²) in [6.45, 7) is 6.75. The van der Waals surface area contributed by atoms with Gasteiger partial charge in [-0.1, -0.05) is 12.1 Å². The summed E-state index contributed by atoms with van der Waals surface area (Å²) in [5.41, 5.74) is 6.34. The summed E-state index contributed by atoms with van der Waals surface area (Å²) in [6, 6.07) is 15.1. The van der Waals surface area contributed by atoms with E-state index in [-0.39, 0.29) is 11.4 Å². The molecule has 0 radical (unpaired) electrons. The lowest BCUT2D eigenvalue weighted by atomic mass is 9.78. The Labute approximate surface area is 202 Å². The van der Waals surface area contributed by atoms with Crippen LogP contribution in [0.2, 0.25) is 0 Å². The lowest BCUT2D eigenvalue weighted by Gasteiger charge is -2.54. The smallest absolute Gasteiger partial charge is 0.323 e. The van der Waals surface area contributed by atoms with Gasteiger partial charge in [0.05, 0.1) is 35.8 Å². The van der Waals surface area contributed by atoms with E-state index in [1.807, 2.05) is 44.2 Å². The minimum Gasteiger partial charge on any atom is -0.380 e. The topological polar surface area (TPSA) is 108 Å². The zero-order chi connectivity index (χ0) is 24.2. The van der Waals surface area contributed by atoms with E-state index < -0.39 is 0 Å². The van der Waals surface area contributed by atoms with Crippen molar-refractivity contribution in [3.05, 3.63) is 65.6 Å². The molecule has 4 aromatic rings. The molecule has 9 nitrogen and oxygen atoms in total. The van der Waals surface area contributed by atoms with Gasteiger partial charge in [-0.05, 0) is 49.7 Å². The van der Waals surface area contributed by atoms with Crippen LogP contribution in [0.5, 0.6) is 0 Å². The van der Waals surface area contributed by atoms with Gasteiger partial charge in [-0.2, -0.15) is 10.4 Å². The van der Waals surface area contributed by atoms with Crippen molar-refractivity contribution in [1.29, 1.82) is 5.26 Å². The Balaban J connectivity index is 1.43. The number of pyridine rings is 1. The fourth-order valence-electron chi connectivity index (χ4n) is 4.85. The van der Waals surface area contributed by atoms with Gasteiger partial charge in [-0.15, -0.1) is 0 Å². The van der Waals surface area contributed by atoms with E-state index in [9.17, 15) is 10.1 Å². The second-order valence-electron chi connectivity index (χ2n) is 9.41. The number of ether oxygens (including phenoxy) is 1. The zero-order valence-corrected chi connectivity index (χ0v) is 19.4. The van der Waals surface area contributed by atoms with Crippen molar-refractivity contribution in [2.45, 2.75) is 13.8 Å². The van der Waals surface area contributed by atoms with Gasteiger partial charge >= 0.3 is 6.03 Å². The lowest BCUT2D eigenvalue weighted by Crippen LogP contribution is -2.67. The van der Waals surface area contributed by atoms with Crippen LogP contribution >= 0.6 is 0 Å². The van der Waals surface area contributed by atoms with Crippen LogP contribution in [0.4, 0.5) is 10.6 Å². The highest BCUT2D eigenvalue weighted by Gasteiger charge is 2.50. The summed E-state index contributed by atoms with van der Waals surface area (Å²) in [5.74, 6) is 0.453. The summed E-state index contributed by atoms with van der Waals surface area (Å²) in [6.07, 6.45) is 1.79. The number of rotatable bonds is 3. The van der Waals surface area contributed by atoms with Crippen molar-refractivity contribution in [1.82, 2.24) is 24.5 Å². The van der Waals surface area contributed by atoms with Crippen molar-refractivity contribution >= 4 is 17.5 Å². The number of benzene rings is 1. The Morgan fingerprint density at radius 2 is 1.86 bits per heavy atom. The maximum absolute atomic E-state index is 12.8. The number of aromatic nitrogens is 4. The van der Waals surface area contributed by atoms with Crippen LogP contribution in [0.25, 0.3) is 28.0 Å². The fraction of sp³-hybridized carbons (Fsp3) is 0.269. The number of nitrogens with one attached hydrogen (secondary N) is 1. The van der Waals surface area contributed by atoms with E-state index in [1.54, 1.807) is 27.7 Å². The summed E-state index contributed by atoms with van der Waals surface area (Å²) in [4.78, 5) is 23.8. The minimum absolute atomic E-state index is 0.150. The highest BCUT2D eigenvalue weighted by atomic mass is 16.5. The van der Waals surface area contributed by atoms with Gasteiger partial charge in [0.25, 0.3) is 0 Å². The quantitative estimate of drug-likeness (QED) is 0.493. The number of nitriles is 1. The van der Waals surface area contributed by atoms with Crippen molar-refractivity contribution in [2.24, 2.45) is 5.41 Å². The molecule has 2 fully saturated rings. The molecule has 5 heterocycles. The van der Waals surface area contributed by atoms with Gasteiger partial charge in [0.2, 0.25) is 0 Å². The Hall–Kier alpha value is -4.29. The van der Waals surface area contributed by atoms with Crippen LogP contribution in [0.1, 0.15) is 17.0 Å². The SMILES string of the molecule is Cc1cc(-c2c(-c3cccc(C#N)c3)nn3ccc(NC(=O)N4CC5(COC5)C4)nc23)cc(C)n1. The number of anilines is 1. The standard InChI is InChI=1S/C26H23N7O2/c1-16-8-20(9-17(2)28-16)22-23(19-5-3-4-18(10-19)11-27)31-33-7-6-21(29-24(22)33)30-25(34)32-12-26(13-32)14-35-15-26/h3-10H,12-15H2,1-2H3,(H,29,30,34). The number of urea groups is 1. The number of carbonyl (C=O) groups is 1. The van der Waals surface area contributed by atoms with Crippen LogP contribution in [-0.2, 0) is 4.74 Å². The van der Waals surface area contributed by atoms with Crippen molar-refractivity contribution in [3.63, 3.8) is 0 Å². The van der Waals surface area contributed by atoms with Crippen molar-refractivity contribution in [2.75, 3.05) is 31.6 Å². The number of hydrogen-bond donors (Lipinski definition) is 1. The van der Waals surface area contributed by atoms with Crippen LogP contribution in [0.3, 0.4) is 0 Å². The number of aryl methyl sites for hydroxylation is 2. The first-order chi connectivity index (χ1) is 16.9. The molecule has 2 saturated heterocycles. The second-order valence-corrected chi connectivity index (χ2v) is 9.41. The van der Waals surface area contributed by atoms with Gasteiger partial charge < -0.3 is 9.64 Å². The number of fused-ring (bicyclic) bond motifs is 1. The molecule has 2 aliphatic rings. The maximum Gasteiger partial charge on any atom is 0.323 e. The summed E-state index contributed by atoms with van der Waals surface area (Å²) >= 11 is 0. The molecule has 6 rings (SSSR count). The zero-order valence-electron chi connectivity index (χ0n) is 19.4. The molecular formula is C26H23N7O2. The van der Waals surface area contributed by atoms with E-state index in [0.29, 0.717) is 35.8 Å². The molecule has 1 N–H and O–H groups in total. The molecule has 2 aliphatic heterocycles. The number of carbonyl (C=O) groups excluding carboxylic acids is 1. The van der Waals surface area contributed by atoms with Gasteiger partial charge in [0.15, 0.2) is 5.65 Å². The second kappa shape index (κ2) is 7.89. The minimum atomic E-state index is -0.169. The summed E-state index contributed by atoms with van der Waals surface area (Å²) in [7, 11) is 0. The Morgan fingerprint density at radius 1 is 1.09 bits per heavy atom. The normalized spacial score (nSPS) is 16.0. The first-order valence-corrected chi connectivity index (χ1v) is 11.4. The highest BCUT2D eigenvalue weighted by Crippen LogP contribution is 2.38. The molecule has 0 unspecified atom stereocenters. The van der Waals surface area contributed by atoms with Crippen molar-refractivity contribution in [3.8, 4) is 28.5 Å². The highest BCUT2D eigenvalue weighted by molar-refractivity contribution is 5.93. The average molecular weight is 466 g/mol. The van der Waals surface area contributed by atoms with Gasteiger partial charge in [0, 0.05) is 36.2 Å². The van der Waals surface area contributed by atoms with E-state index in [2.05, 4.69) is 16.4 Å². The van der Waals surface area contributed by atoms with E-state index >= 15 is 0 Å². The van der Waals surface area contributed by atoms with E-state index in [1.165, 1.54) is 0 Å². The molecule has 1 spiro atoms. The van der Waals surface area contributed by atoms with Crippen LogP contribution in [0.15, 0.2) is 48.7 Å². The van der Waals surface area contributed by atoms with Gasteiger partial charge in [-0.3, -0.25) is 10.3 Å². The Bertz CT molecular complexity index is 1500. The molecule has 0 atom stereocenters. The largest absolute Gasteiger partial charge is 0.380 e. The lowest BCUT2D eigenvalue weighted by molar-refractivity contribution is -0.174. The van der Waals surface area contributed by atoms with Gasteiger partial charge in [-0.25, -0.2) is 14.3 Å². The fourth-order valence-corrected chi connectivity index (χ4v) is 4.85. The predicted octanol–water partition coefficient (Wildman–Crippen LogP) is 3.81. The number of amides is 2. The molecule has 2 amide bonds. The van der Waals surface area contributed by atoms with Gasteiger partial charge in [0.1, 0.15) is 11.5 Å². The molecule has 174 valence electrons. The molecule has 1 aromatic carbocycles. The Kier molecular flexibility index (Phi) is 4.79. The molecule has 35 heavy (non-hydrogen) atoms. The van der Waals surface area contributed by atoms with Crippen LogP contribution in [0, 0.1) is 30.6 Å². The molecule has 0 saturated carbocycles. The summed E-state index contributed by atoms with van der Waals surface area (Å²) < 4.78 is 7.00. The number of nitrogens with zero attached hydrogens (tertiary/aromatic N) is 6. The monoisotopic (exact) mass is 465 g/mol. The third kappa shape index (κ3) is 3.68. The molecule has 3 aromatic heterocycles. The van der Waals surface area contributed by atoms with Crippen LogP contribution in [-0.4, -0.2) is 56.8 Å². The van der Waals surface area contributed by atoms with E-state index in [4.69, 9.17) is 14.8 Å². The summed E-state index contributed by atoms with van der Waals surface area (Å²) in [5, 5.41) is 17.1. The number of likely N-dealkylation sites (tertiary alicyclic amines) is 1. The number of hydrogen-bond acceptors (Lipinski definition) is 6. The Morgan fingerprint density at radius 3 is 2.54 bits per heavy atom. The van der Waals surface area contributed by atoms with E-state index in [0.717, 1.165) is 41.3 Å². The van der Waals surface area contributed by atoms with Crippen molar-refractivity contribution < 1.29 is 9.53 Å². The predicted molar refractivity (Wildman–Crippen MR) is 130 cm³/mol. The van der Waals surface area contributed by atoms with Crippen LogP contribution < -0.4 is 5.32 Å². The first kappa shape index (κ1) is 21.3. The molecule has 0 aliphatic carbocycles. The third-order valence-corrected chi connectivity index (χ3v) is 6.51. The maximum atomic E-state index is 12.8. The molecular weight excluding hydrogens is 442 g/mol. The average Bonchev–Trinajstić information content (AvgIpc) is 3.15.